The highest BCUT2D eigenvalue weighted by molar-refractivity contribution is 5.79. The summed E-state index contributed by atoms with van der Waals surface area (Å²) >= 11 is 0. The van der Waals surface area contributed by atoms with Gasteiger partial charge in [-0.1, -0.05) is 0 Å². The Balaban J connectivity index is 1.44. The third-order valence-electron chi connectivity index (χ3n) is 5.20. The van der Waals surface area contributed by atoms with Gasteiger partial charge in [-0.15, -0.1) is 0 Å². The van der Waals surface area contributed by atoms with Crippen LogP contribution in [0.4, 0.5) is 0 Å². The fourth-order valence-corrected chi connectivity index (χ4v) is 3.91. The molecule has 6 nitrogen and oxygen atoms in total. The largest absolute Gasteiger partial charge is 0.339 e. The molecule has 1 aliphatic carbocycles. The van der Waals surface area contributed by atoms with E-state index in [2.05, 4.69) is 17.5 Å². The van der Waals surface area contributed by atoms with Gasteiger partial charge in [0.1, 0.15) is 17.8 Å². The first-order chi connectivity index (χ1) is 11.7. The van der Waals surface area contributed by atoms with Crippen LogP contribution in [0.3, 0.4) is 0 Å². The molecule has 1 saturated heterocycles. The summed E-state index contributed by atoms with van der Waals surface area (Å²) in [5.74, 6) is 0.579. The Morgan fingerprint density at radius 3 is 3.00 bits per heavy atom. The molecule has 126 valence electrons. The highest BCUT2D eigenvalue weighted by atomic mass is 16.2. The van der Waals surface area contributed by atoms with Gasteiger partial charge in [0.25, 0.3) is 0 Å². The maximum Gasteiger partial charge on any atom is 0.237 e. The van der Waals surface area contributed by atoms with Crippen molar-refractivity contribution in [1.82, 2.24) is 14.8 Å². The normalized spacial score (nSPS) is 26.2. The molecule has 2 heterocycles. The van der Waals surface area contributed by atoms with E-state index in [-0.39, 0.29) is 11.9 Å². The Kier molecular flexibility index (Phi) is 5.17. The molecule has 1 amide bonds. The summed E-state index contributed by atoms with van der Waals surface area (Å²) in [6.45, 7) is 1.89. The van der Waals surface area contributed by atoms with Gasteiger partial charge in [0, 0.05) is 25.3 Å². The third-order valence-corrected chi connectivity index (χ3v) is 5.20. The highest BCUT2D eigenvalue weighted by Crippen LogP contribution is 2.27. The summed E-state index contributed by atoms with van der Waals surface area (Å²) in [4.78, 5) is 14.0. The lowest BCUT2D eigenvalue weighted by molar-refractivity contribution is -0.130. The average molecular weight is 325 g/mol. The summed E-state index contributed by atoms with van der Waals surface area (Å²) in [6.07, 6.45) is 6.87. The van der Waals surface area contributed by atoms with Gasteiger partial charge in [-0.3, -0.25) is 4.79 Å². The Labute approximate surface area is 142 Å². The van der Waals surface area contributed by atoms with Crippen molar-refractivity contribution in [2.24, 2.45) is 5.92 Å². The van der Waals surface area contributed by atoms with Gasteiger partial charge < -0.3 is 14.8 Å². The van der Waals surface area contributed by atoms with Crippen molar-refractivity contribution in [3.05, 3.63) is 24.0 Å². The summed E-state index contributed by atoms with van der Waals surface area (Å²) in [5, 5.41) is 21.5. The molecule has 3 rings (SSSR count). The molecule has 0 bridgehead atoms. The number of rotatable bonds is 5. The van der Waals surface area contributed by atoms with E-state index in [1.807, 2.05) is 22.9 Å². The minimum Gasteiger partial charge on any atom is -0.339 e. The molecule has 0 spiro atoms. The van der Waals surface area contributed by atoms with Crippen LogP contribution in [0, 0.1) is 28.6 Å². The molecule has 1 aromatic heterocycles. The van der Waals surface area contributed by atoms with Gasteiger partial charge in [-0.05, 0) is 50.2 Å². The summed E-state index contributed by atoms with van der Waals surface area (Å²) in [5.41, 5.74) is 0.707. The molecule has 0 radical (unpaired) electrons. The van der Waals surface area contributed by atoms with Crippen LogP contribution >= 0.6 is 0 Å². The van der Waals surface area contributed by atoms with Gasteiger partial charge in [-0.25, -0.2) is 0 Å². The van der Waals surface area contributed by atoms with Crippen LogP contribution < -0.4 is 5.32 Å². The zero-order chi connectivity index (χ0) is 16.9. The van der Waals surface area contributed by atoms with Crippen LogP contribution in [0.15, 0.2) is 18.3 Å². The van der Waals surface area contributed by atoms with E-state index in [9.17, 15) is 4.79 Å². The van der Waals surface area contributed by atoms with Crippen LogP contribution in [0.2, 0.25) is 0 Å². The van der Waals surface area contributed by atoms with Gasteiger partial charge in [0.2, 0.25) is 5.91 Å². The second kappa shape index (κ2) is 7.51. The average Bonchev–Trinajstić information content (AvgIpc) is 3.33. The van der Waals surface area contributed by atoms with Crippen LogP contribution in [0.1, 0.15) is 37.8 Å². The van der Waals surface area contributed by atoms with E-state index < -0.39 is 0 Å². The number of nitrogens with zero attached hydrogens (tertiary/aromatic N) is 4. The molecule has 1 aliphatic heterocycles. The van der Waals surface area contributed by atoms with Crippen molar-refractivity contribution in [3.63, 3.8) is 0 Å². The van der Waals surface area contributed by atoms with E-state index >= 15 is 0 Å². The van der Waals surface area contributed by atoms with Crippen molar-refractivity contribution >= 4 is 5.91 Å². The number of carbonyl (C=O) groups is 1. The van der Waals surface area contributed by atoms with E-state index in [1.54, 1.807) is 4.90 Å². The summed E-state index contributed by atoms with van der Waals surface area (Å²) < 4.78 is 2.01. The Morgan fingerprint density at radius 2 is 2.21 bits per heavy atom. The molecule has 2 aliphatic rings. The molecular weight excluding hydrogens is 302 g/mol. The van der Waals surface area contributed by atoms with Gasteiger partial charge in [0.15, 0.2) is 0 Å². The number of nitrogens with one attached hydrogen (secondary N) is 1. The van der Waals surface area contributed by atoms with E-state index in [0.717, 1.165) is 38.6 Å². The lowest BCUT2D eigenvalue weighted by atomic mass is 10.1. The van der Waals surface area contributed by atoms with Crippen LogP contribution in [-0.2, 0) is 11.3 Å². The molecule has 24 heavy (non-hydrogen) atoms. The van der Waals surface area contributed by atoms with Crippen LogP contribution in [-0.4, -0.2) is 40.5 Å². The van der Waals surface area contributed by atoms with Crippen molar-refractivity contribution in [2.45, 2.75) is 50.7 Å². The second-order valence-electron chi connectivity index (χ2n) is 6.79. The zero-order valence-electron chi connectivity index (χ0n) is 13.8. The number of aromatic nitrogens is 1. The van der Waals surface area contributed by atoms with Crippen LogP contribution in [0.5, 0.6) is 0 Å². The summed E-state index contributed by atoms with van der Waals surface area (Å²) in [7, 11) is 0. The minimum absolute atomic E-state index is 0.0414. The maximum atomic E-state index is 12.3. The monoisotopic (exact) mass is 325 g/mol. The highest BCUT2D eigenvalue weighted by Gasteiger charge is 2.30. The molecule has 3 unspecified atom stereocenters. The first kappa shape index (κ1) is 16.5. The van der Waals surface area contributed by atoms with E-state index in [4.69, 9.17) is 10.5 Å². The van der Waals surface area contributed by atoms with E-state index in [0.29, 0.717) is 30.7 Å². The van der Waals surface area contributed by atoms with Crippen molar-refractivity contribution in [1.29, 1.82) is 10.5 Å². The molecule has 0 aromatic carbocycles. The van der Waals surface area contributed by atoms with Gasteiger partial charge >= 0.3 is 0 Å². The molecule has 3 atom stereocenters. The fraction of sp³-hybridized carbons (Fsp3) is 0.611. The quantitative estimate of drug-likeness (QED) is 0.891. The number of amides is 1. The Hall–Kier alpha value is -2.31. The number of nitriles is 2. The number of hydrogen-bond acceptors (Lipinski definition) is 4. The maximum absolute atomic E-state index is 12.3. The first-order valence-electron chi connectivity index (χ1n) is 8.69. The zero-order valence-corrected chi connectivity index (χ0v) is 13.8. The second-order valence-corrected chi connectivity index (χ2v) is 6.79. The lowest BCUT2D eigenvalue weighted by Crippen LogP contribution is -2.42. The summed E-state index contributed by atoms with van der Waals surface area (Å²) in [6, 6.07) is 8.28. The van der Waals surface area contributed by atoms with Crippen LogP contribution in [0.25, 0.3) is 0 Å². The first-order valence-corrected chi connectivity index (χ1v) is 8.69. The molecular formula is C18H23N5O. The number of likely N-dealkylation sites (tertiary alicyclic amines) is 1. The Bertz CT molecular complexity index is 668. The SMILES string of the molecule is N#Cc1cccn1CC1CCC(NCC(=O)N2CCCC2C#N)C1. The molecule has 1 saturated carbocycles. The molecule has 1 N–H and O–H groups in total. The van der Waals surface area contributed by atoms with Crippen molar-refractivity contribution in [3.8, 4) is 12.1 Å². The van der Waals surface area contributed by atoms with Gasteiger partial charge in [0.05, 0.1) is 12.6 Å². The lowest BCUT2D eigenvalue weighted by Gasteiger charge is -2.21. The smallest absolute Gasteiger partial charge is 0.237 e. The predicted octanol–water partition coefficient (Wildman–Crippen LogP) is 1.63. The topological polar surface area (TPSA) is 84.8 Å². The minimum atomic E-state index is -0.242. The Morgan fingerprint density at radius 1 is 1.33 bits per heavy atom. The van der Waals surface area contributed by atoms with Crippen molar-refractivity contribution in [2.75, 3.05) is 13.1 Å². The van der Waals surface area contributed by atoms with Gasteiger partial charge in [-0.2, -0.15) is 10.5 Å². The molecule has 1 aromatic rings. The number of hydrogen-bond donors (Lipinski definition) is 1. The fourth-order valence-electron chi connectivity index (χ4n) is 3.91. The standard InChI is InChI=1S/C18H23N5O/c19-10-16-3-1-7-22(16)13-14-5-6-15(9-14)21-12-18(24)23-8-2-4-17(23)11-20/h1,3,7,14-15,17,21H,2,4-6,8-9,12-13H2. The molecule has 2 fully saturated rings. The van der Waals surface area contributed by atoms with Crippen molar-refractivity contribution < 1.29 is 4.79 Å². The van der Waals surface area contributed by atoms with E-state index in [1.165, 1.54) is 0 Å². The predicted molar refractivity (Wildman–Crippen MR) is 88.6 cm³/mol. The number of carbonyl (C=O) groups excluding carboxylic acids is 1. The molecule has 6 heteroatoms. The third kappa shape index (κ3) is 3.60.